The predicted octanol–water partition coefficient (Wildman–Crippen LogP) is 2.01. The minimum atomic E-state index is -0.649. The number of fused-ring (bicyclic) bond motifs is 1. The number of aromatic nitrogens is 3. The summed E-state index contributed by atoms with van der Waals surface area (Å²) in [5, 5.41) is 2.77. The van der Waals surface area contributed by atoms with Gasteiger partial charge in [-0.25, -0.2) is 4.98 Å². The quantitative estimate of drug-likeness (QED) is 0.631. The number of carbonyl (C=O) groups excluding carboxylic acids is 2. The van der Waals surface area contributed by atoms with Crippen LogP contribution in [-0.2, 0) is 4.79 Å². The minimum absolute atomic E-state index is 0.340. The maximum Gasteiger partial charge on any atom is 0.254 e. The number of H-pyrrole nitrogens is 1. The molecule has 26 heavy (non-hydrogen) atoms. The van der Waals surface area contributed by atoms with Crippen LogP contribution in [-0.4, -0.2) is 32.8 Å². The van der Waals surface area contributed by atoms with Crippen molar-refractivity contribution in [3.63, 3.8) is 0 Å². The van der Waals surface area contributed by atoms with E-state index in [0.29, 0.717) is 29.2 Å². The molecule has 7 heteroatoms. The molecule has 1 fully saturated rings. The Kier molecular flexibility index (Phi) is 4.12. The van der Waals surface area contributed by atoms with E-state index in [0.717, 1.165) is 23.9 Å². The van der Waals surface area contributed by atoms with Gasteiger partial charge in [0.05, 0.1) is 11.1 Å². The van der Waals surface area contributed by atoms with Gasteiger partial charge in [-0.2, -0.15) is 0 Å². The molecule has 7 nitrogen and oxygen atoms in total. The Labute approximate surface area is 150 Å². The Morgan fingerprint density at radius 2 is 2.00 bits per heavy atom. The first-order valence-electron chi connectivity index (χ1n) is 8.61. The van der Waals surface area contributed by atoms with Gasteiger partial charge in [0.1, 0.15) is 17.4 Å². The molecule has 0 saturated heterocycles. The van der Waals surface area contributed by atoms with Gasteiger partial charge in [0, 0.05) is 18.0 Å². The van der Waals surface area contributed by atoms with Crippen molar-refractivity contribution in [2.75, 3.05) is 0 Å². The van der Waals surface area contributed by atoms with E-state index in [9.17, 15) is 9.59 Å². The van der Waals surface area contributed by atoms with Crippen LogP contribution in [0.4, 0.5) is 0 Å². The van der Waals surface area contributed by atoms with Crippen LogP contribution in [0.25, 0.3) is 22.4 Å². The highest BCUT2D eigenvalue weighted by molar-refractivity contribution is 6.06. The number of aromatic amines is 1. The maximum atomic E-state index is 12.7. The normalized spacial score (nSPS) is 14.9. The largest absolute Gasteiger partial charge is 0.368 e. The summed E-state index contributed by atoms with van der Waals surface area (Å²) in [5.74, 6) is 0.295. The van der Waals surface area contributed by atoms with Crippen molar-refractivity contribution in [2.24, 2.45) is 11.7 Å². The summed E-state index contributed by atoms with van der Waals surface area (Å²) in [4.78, 5) is 36.2. The molecule has 4 rings (SSSR count). The van der Waals surface area contributed by atoms with Crippen LogP contribution in [0.2, 0.25) is 0 Å². The first-order chi connectivity index (χ1) is 12.6. The SMILES string of the molecule is NC(=O)C(CC1CC1)NC(=O)c1cccc2[nH]c(-c3ccncc3)nc12. The molecule has 0 spiro atoms. The van der Waals surface area contributed by atoms with Gasteiger partial charge >= 0.3 is 0 Å². The average Bonchev–Trinajstić information content (AvgIpc) is 3.36. The van der Waals surface area contributed by atoms with Gasteiger partial charge < -0.3 is 16.0 Å². The van der Waals surface area contributed by atoms with Crippen LogP contribution in [0.3, 0.4) is 0 Å². The van der Waals surface area contributed by atoms with Gasteiger partial charge in [-0.3, -0.25) is 14.6 Å². The molecule has 0 aliphatic heterocycles. The number of nitrogens with one attached hydrogen (secondary N) is 2. The molecule has 4 N–H and O–H groups in total. The van der Waals surface area contributed by atoms with E-state index < -0.39 is 11.9 Å². The second kappa shape index (κ2) is 6.59. The Hall–Kier alpha value is -3.22. The van der Waals surface area contributed by atoms with Gasteiger partial charge in [0.15, 0.2) is 0 Å². The van der Waals surface area contributed by atoms with Crippen LogP contribution in [0.1, 0.15) is 29.6 Å². The Morgan fingerprint density at radius 1 is 1.23 bits per heavy atom. The smallest absolute Gasteiger partial charge is 0.254 e. The number of amides is 2. The molecular formula is C19H19N5O2. The van der Waals surface area contributed by atoms with Crippen LogP contribution >= 0.6 is 0 Å². The number of hydrogen-bond acceptors (Lipinski definition) is 4. The lowest BCUT2D eigenvalue weighted by atomic mass is 10.1. The number of primary amides is 1. The summed E-state index contributed by atoms with van der Waals surface area (Å²) in [7, 11) is 0. The topological polar surface area (TPSA) is 114 Å². The molecule has 1 saturated carbocycles. The van der Waals surface area contributed by atoms with Gasteiger partial charge in [-0.1, -0.05) is 18.9 Å². The second-order valence-corrected chi connectivity index (χ2v) is 6.63. The Balaban J connectivity index is 1.64. The van der Waals surface area contributed by atoms with Crippen LogP contribution in [0.15, 0.2) is 42.7 Å². The lowest BCUT2D eigenvalue weighted by molar-refractivity contribution is -0.120. The number of carbonyl (C=O) groups is 2. The maximum absolute atomic E-state index is 12.7. The summed E-state index contributed by atoms with van der Waals surface area (Å²) in [6.07, 6.45) is 6.14. The fraction of sp³-hybridized carbons (Fsp3) is 0.263. The number of nitrogens with zero attached hydrogens (tertiary/aromatic N) is 2. The zero-order valence-corrected chi connectivity index (χ0v) is 14.1. The molecule has 2 heterocycles. The molecule has 2 aromatic heterocycles. The summed E-state index contributed by atoms with van der Waals surface area (Å²) >= 11 is 0. The summed E-state index contributed by atoms with van der Waals surface area (Å²) in [6, 6.07) is 8.38. The number of imidazole rings is 1. The minimum Gasteiger partial charge on any atom is -0.368 e. The molecule has 1 aromatic carbocycles. The summed E-state index contributed by atoms with van der Waals surface area (Å²) in [6.45, 7) is 0. The fourth-order valence-corrected chi connectivity index (χ4v) is 3.03. The summed E-state index contributed by atoms with van der Waals surface area (Å²) in [5.41, 5.74) is 8.06. The van der Waals surface area contributed by atoms with Crippen molar-refractivity contribution < 1.29 is 9.59 Å². The molecule has 1 aliphatic rings. The first kappa shape index (κ1) is 16.3. The van der Waals surface area contributed by atoms with Crippen molar-refractivity contribution >= 4 is 22.8 Å². The number of hydrogen-bond donors (Lipinski definition) is 3. The highest BCUT2D eigenvalue weighted by Crippen LogP contribution is 2.33. The third kappa shape index (κ3) is 3.28. The zero-order valence-electron chi connectivity index (χ0n) is 14.1. The van der Waals surface area contributed by atoms with E-state index >= 15 is 0 Å². The molecule has 2 amide bonds. The fourth-order valence-electron chi connectivity index (χ4n) is 3.03. The molecule has 1 atom stereocenters. The first-order valence-corrected chi connectivity index (χ1v) is 8.61. The van der Waals surface area contributed by atoms with Crippen LogP contribution in [0.5, 0.6) is 0 Å². The third-order valence-electron chi connectivity index (χ3n) is 4.63. The molecule has 3 aromatic rings. The molecule has 132 valence electrons. The number of benzene rings is 1. The molecule has 1 aliphatic carbocycles. The lowest BCUT2D eigenvalue weighted by Gasteiger charge is -2.15. The number of para-hydroxylation sites is 1. The Morgan fingerprint density at radius 3 is 2.69 bits per heavy atom. The zero-order chi connectivity index (χ0) is 18.1. The standard InChI is InChI=1S/C19H19N5O2/c20-17(25)15(10-11-4-5-11)23-19(26)13-2-1-3-14-16(13)24-18(22-14)12-6-8-21-9-7-12/h1-3,6-9,11,15H,4-5,10H2,(H2,20,25)(H,22,24)(H,23,26). The highest BCUT2D eigenvalue weighted by atomic mass is 16.2. The average molecular weight is 349 g/mol. The monoisotopic (exact) mass is 349 g/mol. The van der Waals surface area contributed by atoms with E-state index in [2.05, 4.69) is 20.3 Å². The highest BCUT2D eigenvalue weighted by Gasteiger charge is 2.29. The predicted molar refractivity (Wildman–Crippen MR) is 97.1 cm³/mol. The Bertz CT molecular complexity index is 962. The van der Waals surface area contributed by atoms with Crippen LogP contribution < -0.4 is 11.1 Å². The molecular weight excluding hydrogens is 330 g/mol. The second-order valence-electron chi connectivity index (χ2n) is 6.63. The van der Waals surface area contributed by atoms with Crippen molar-refractivity contribution in [1.82, 2.24) is 20.3 Å². The van der Waals surface area contributed by atoms with Crippen molar-refractivity contribution in [3.05, 3.63) is 48.3 Å². The van der Waals surface area contributed by atoms with Gasteiger partial charge in [-0.05, 0) is 36.6 Å². The van der Waals surface area contributed by atoms with Gasteiger partial charge in [0.25, 0.3) is 5.91 Å². The third-order valence-corrected chi connectivity index (χ3v) is 4.63. The lowest BCUT2D eigenvalue weighted by Crippen LogP contribution is -2.44. The van der Waals surface area contributed by atoms with Crippen LogP contribution in [0, 0.1) is 5.92 Å². The van der Waals surface area contributed by atoms with Crippen molar-refractivity contribution in [2.45, 2.75) is 25.3 Å². The molecule has 1 unspecified atom stereocenters. The van der Waals surface area contributed by atoms with Gasteiger partial charge in [0.2, 0.25) is 5.91 Å². The van der Waals surface area contributed by atoms with Gasteiger partial charge in [-0.15, -0.1) is 0 Å². The molecule has 0 radical (unpaired) electrons. The molecule has 0 bridgehead atoms. The number of rotatable bonds is 6. The van der Waals surface area contributed by atoms with Crippen molar-refractivity contribution in [3.8, 4) is 11.4 Å². The van der Waals surface area contributed by atoms with E-state index in [4.69, 9.17) is 5.73 Å². The van der Waals surface area contributed by atoms with E-state index in [1.807, 2.05) is 18.2 Å². The van der Waals surface area contributed by atoms with E-state index in [1.165, 1.54) is 0 Å². The number of nitrogens with two attached hydrogens (primary N) is 1. The van der Waals surface area contributed by atoms with E-state index in [1.54, 1.807) is 24.5 Å². The summed E-state index contributed by atoms with van der Waals surface area (Å²) < 4.78 is 0. The number of pyridine rings is 1. The van der Waals surface area contributed by atoms with Crippen molar-refractivity contribution in [1.29, 1.82) is 0 Å². The van der Waals surface area contributed by atoms with E-state index in [-0.39, 0.29) is 5.91 Å².